The Morgan fingerprint density at radius 1 is 1.46 bits per heavy atom. The molecule has 0 saturated carbocycles. The fourth-order valence-corrected chi connectivity index (χ4v) is 2.99. The zero-order valence-corrected chi connectivity index (χ0v) is 8.64. The lowest BCUT2D eigenvalue weighted by molar-refractivity contribution is -0.169. The third-order valence-electron chi connectivity index (χ3n) is 1.63. The van der Waals surface area contributed by atoms with Gasteiger partial charge >= 0.3 is 0 Å². The van der Waals surface area contributed by atoms with Crippen molar-refractivity contribution in [1.82, 2.24) is 4.98 Å². The van der Waals surface area contributed by atoms with Crippen molar-refractivity contribution in [2.75, 3.05) is 6.66 Å². The molecule has 0 fully saturated rings. The Kier molecular flexibility index (Phi) is 1.99. The van der Waals surface area contributed by atoms with E-state index in [0.717, 1.165) is 10.2 Å². The van der Waals surface area contributed by atoms with Crippen molar-refractivity contribution in [1.29, 1.82) is 0 Å². The second kappa shape index (κ2) is 2.91. The number of benzene rings is 1. The average Bonchev–Trinajstić information content (AvgIpc) is 2.45. The summed E-state index contributed by atoms with van der Waals surface area (Å²) in [6.07, 6.45) is 0. The molecule has 1 atom stereocenters. The highest BCUT2D eigenvalue weighted by Gasteiger charge is 2.09. The van der Waals surface area contributed by atoms with E-state index >= 15 is 0 Å². The molecule has 0 amide bonds. The molecule has 0 saturated heterocycles. The summed E-state index contributed by atoms with van der Waals surface area (Å²) in [5.74, 6) is 0. The molecule has 1 aromatic carbocycles. The highest BCUT2D eigenvalue weighted by molar-refractivity contribution is 7.70. The Bertz CT molecular complexity index is 455. The molecule has 2 rings (SSSR count). The molecule has 0 aliphatic rings. The molecule has 3 nitrogen and oxygen atoms in total. The topological polar surface area (TPSA) is 53.0 Å². The quantitative estimate of drug-likeness (QED) is 0.667. The van der Waals surface area contributed by atoms with Crippen molar-refractivity contribution in [2.24, 2.45) is 0 Å². The van der Waals surface area contributed by atoms with Crippen LogP contribution in [0.5, 0.6) is 0 Å². The summed E-state index contributed by atoms with van der Waals surface area (Å²) in [5, 5.41) is 0. The summed E-state index contributed by atoms with van der Waals surface area (Å²) < 4.78 is 12.3. The Morgan fingerprint density at radius 3 is 2.77 bits per heavy atom. The minimum Gasteiger partial charge on any atom is -0.795 e. The van der Waals surface area contributed by atoms with Crippen molar-refractivity contribution in [3.8, 4) is 0 Å². The van der Waals surface area contributed by atoms with Gasteiger partial charge in [-0.25, -0.2) is 4.98 Å². The number of hydrogen-bond acceptors (Lipinski definition) is 4. The third-order valence-corrected chi connectivity index (χ3v) is 4.53. The summed E-state index contributed by atoms with van der Waals surface area (Å²) in [4.78, 5) is 15.2. The van der Waals surface area contributed by atoms with E-state index in [1.54, 1.807) is 0 Å². The normalized spacial score (nSPS) is 15.8. The van der Waals surface area contributed by atoms with Gasteiger partial charge in [-0.15, -0.1) is 11.3 Å². The van der Waals surface area contributed by atoms with E-state index in [1.165, 1.54) is 18.0 Å². The lowest BCUT2D eigenvalue weighted by Gasteiger charge is -2.12. The van der Waals surface area contributed by atoms with Crippen molar-refractivity contribution in [3.63, 3.8) is 0 Å². The number of para-hydroxylation sites is 1. The van der Waals surface area contributed by atoms with E-state index < -0.39 is 7.37 Å². The van der Waals surface area contributed by atoms with Crippen molar-refractivity contribution >= 4 is 33.7 Å². The fraction of sp³-hybridized carbons (Fsp3) is 0.125. The molecule has 0 aliphatic heterocycles. The van der Waals surface area contributed by atoms with Gasteiger partial charge in [0.05, 0.1) is 17.6 Å². The van der Waals surface area contributed by atoms with Crippen molar-refractivity contribution < 1.29 is 9.46 Å². The Labute approximate surface area is 79.5 Å². The number of hydrogen-bond donors (Lipinski definition) is 0. The zero-order valence-electron chi connectivity index (χ0n) is 6.93. The first-order valence-electron chi connectivity index (χ1n) is 3.72. The number of aromatic nitrogens is 1. The molecule has 0 N–H and O–H groups in total. The van der Waals surface area contributed by atoms with Gasteiger partial charge < -0.3 is 9.46 Å². The van der Waals surface area contributed by atoms with Gasteiger partial charge in [-0.3, -0.25) is 0 Å². The summed E-state index contributed by atoms with van der Waals surface area (Å²) in [5.41, 5.74) is 0.750. The van der Waals surface area contributed by atoms with E-state index in [9.17, 15) is 9.46 Å². The van der Waals surface area contributed by atoms with Gasteiger partial charge in [0.1, 0.15) is 4.75 Å². The van der Waals surface area contributed by atoms with Crippen LogP contribution in [0.2, 0.25) is 0 Å². The maximum absolute atomic E-state index is 11.2. The molecule has 0 radical (unpaired) electrons. The van der Waals surface area contributed by atoms with Gasteiger partial charge in [-0.05, 0) is 18.8 Å². The van der Waals surface area contributed by atoms with Gasteiger partial charge in [-0.2, -0.15) is 0 Å². The van der Waals surface area contributed by atoms with E-state index in [-0.39, 0.29) is 4.75 Å². The molecule has 2 aromatic rings. The van der Waals surface area contributed by atoms with Crippen LogP contribution >= 0.6 is 18.7 Å². The number of nitrogens with zero attached hydrogens (tertiary/aromatic N) is 1. The molecule has 1 aromatic heterocycles. The van der Waals surface area contributed by atoms with Gasteiger partial charge in [0, 0.05) is 0 Å². The van der Waals surface area contributed by atoms with Crippen molar-refractivity contribution in [3.05, 3.63) is 24.3 Å². The van der Waals surface area contributed by atoms with Crippen LogP contribution in [0.15, 0.2) is 24.3 Å². The van der Waals surface area contributed by atoms with Crippen LogP contribution in [0, 0.1) is 0 Å². The minimum atomic E-state index is -3.43. The lowest BCUT2D eigenvalue weighted by atomic mass is 10.3. The second-order valence-electron chi connectivity index (χ2n) is 2.81. The monoisotopic (exact) mass is 212 g/mol. The third kappa shape index (κ3) is 1.66. The number of rotatable bonds is 1. The van der Waals surface area contributed by atoms with Crippen LogP contribution in [-0.4, -0.2) is 11.6 Å². The molecular weight excluding hydrogens is 205 g/mol. The SMILES string of the molecule is CP(=O)([O-])c1nc2ccccc2s1. The minimum absolute atomic E-state index is 0.216. The van der Waals surface area contributed by atoms with Gasteiger partial charge in [0.25, 0.3) is 0 Å². The van der Waals surface area contributed by atoms with E-state index in [2.05, 4.69) is 4.98 Å². The molecule has 0 bridgehead atoms. The van der Waals surface area contributed by atoms with Gasteiger partial charge in [0.15, 0.2) is 0 Å². The maximum Gasteiger partial charge on any atom is 0.139 e. The summed E-state index contributed by atoms with van der Waals surface area (Å²) >= 11 is 1.22. The van der Waals surface area contributed by atoms with Crippen LogP contribution in [0.4, 0.5) is 0 Å². The maximum atomic E-state index is 11.2. The van der Waals surface area contributed by atoms with Crippen LogP contribution < -0.4 is 9.64 Å². The first-order valence-corrected chi connectivity index (χ1v) is 6.61. The summed E-state index contributed by atoms with van der Waals surface area (Å²) in [6, 6.07) is 7.39. The molecule has 0 spiro atoms. The molecular formula is C8H7NO2PS-. The Morgan fingerprint density at radius 2 is 2.15 bits per heavy atom. The van der Waals surface area contributed by atoms with Crippen LogP contribution in [0.3, 0.4) is 0 Å². The largest absolute Gasteiger partial charge is 0.795 e. The number of fused-ring (bicyclic) bond motifs is 1. The molecule has 0 aliphatic carbocycles. The highest BCUT2D eigenvalue weighted by Crippen LogP contribution is 2.32. The molecule has 1 unspecified atom stereocenters. The van der Waals surface area contributed by atoms with Gasteiger partial charge in [-0.1, -0.05) is 12.1 Å². The zero-order chi connectivity index (χ0) is 9.47. The fourth-order valence-electron chi connectivity index (χ4n) is 1.03. The predicted octanol–water partition coefficient (Wildman–Crippen LogP) is 1.19. The smallest absolute Gasteiger partial charge is 0.139 e. The Hall–Kier alpha value is -0.700. The van der Waals surface area contributed by atoms with E-state index in [4.69, 9.17) is 0 Å². The molecule has 68 valence electrons. The molecule has 5 heteroatoms. The first kappa shape index (κ1) is 8.88. The Balaban J connectivity index is 2.69. The summed E-state index contributed by atoms with van der Waals surface area (Å²) in [6.45, 7) is 1.20. The number of thiazole rings is 1. The predicted molar refractivity (Wildman–Crippen MR) is 52.8 cm³/mol. The van der Waals surface area contributed by atoms with E-state index in [0.29, 0.717) is 0 Å². The standard InChI is InChI=1S/C8H8NO2PS/c1-12(10,11)8-9-6-4-2-3-5-7(6)13-8/h2-5H,1H3,(H,10,11)/p-1. The lowest BCUT2D eigenvalue weighted by Crippen LogP contribution is -2.12. The first-order chi connectivity index (χ1) is 6.07. The van der Waals surface area contributed by atoms with E-state index in [1.807, 2.05) is 24.3 Å². The molecule has 13 heavy (non-hydrogen) atoms. The van der Waals surface area contributed by atoms with Gasteiger partial charge in [0.2, 0.25) is 0 Å². The molecule has 1 heterocycles. The summed E-state index contributed by atoms with van der Waals surface area (Å²) in [7, 11) is -3.43. The van der Waals surface area contributed by atoms with Crippen LogP contribution in [0.25, 0.3) is 10.2 Å². The second-order valence-corrected chi connectivity index (χ2v) is 6.26. The van der Waals surface area contributed by atoms with Crippen LogP contribution in [0.1, 0.15) is 0 Å². The average molecular weight is 212 g/mol. The van der Waals surface area contributed by atoms with Crippen molar-refractivity contribution in [2.45, 2.75) is 0 Å². The van der Waals surface area contributed by atoms with Crippen LogP contribution in [-0.2, 0) is 4.57 Å². The highest BCUT2D eigenvalue weighted by atomic mass is 32.1.